The number of nitrogen functional groups attached to an aromatic ring is 1. The molecule has 0 saturated heterocycles. The van der Waals surface area contributed by atoms with E-state index in [0.717, 1.165) is 10.6 Å². The Morgan fingerprint density at radius 2 is 2.16 bits per heavy atom. The maximum Gasteiger partial charge on any atom is 0.237 e. The van der Waals surface area contributed by atoms with Crippen LogP contribution in [-0.4, -0.2) is 17.8 Å². The highest BCUT2D eigenvalue weighted by molar-refractivity contribution is 8.00. The number of benzene rings is 1. The lowest BCUT2D eigenvalue weighted by Gasteiger charge is -2.19. The highest BCUT2D eigenvalue weighted by atomic mass is 32.2. The monoisotopic (exact) mass is 283 g/mol. The van der Waals surface area contributed by atoms with Crippen molar-refractivity contribution >= 4 is 23.4 Å². The predicted molar refractivity (Wildman–Crippen MR) is 78.8 cm³/mol. The number of hydrazine groups is 1. The summed E-state index contributed by atoms with van der Waals surface area (Å²) in [6, 6.07) is 5.55. The number of hydrogen-bond donors (Lipinski definition) is 3. The van der Waals surface area contributed by atoms with Gasteiger partial charge in [-0.1, -0.05) is 13.8 Å². The van der Waals surface area contributed by atoms with Crippen LogP contribution in [-0.2, 0) is 4.79 Å². The first kappa shape index (κ1) is 15.7. The molecule has 2 unspecified atom stereocenters. The highest BCUT2D eigenvalue weighted by Gasteiger charge is 2.21. The third-order valence-corrected chi connectivity index (χ3v) is 4.26. The molecule has 5 N–H and O–H groups in total. The van der Waals surface area contributed by atoms with Crippen LogP contribution in [0.5, 0.6) is 5.75 Å². The molecule has 0 aliphatic heterocycles. The van der Waals surface area contributed by atoms with E-state index >= 15 is 0 Å². The maximum absolute atomic E-state index is 11.5. The summed E-state index contributed by atoms with van der Waals surface area (Å²) in [5.41, 5.74) is 8.79. The van der Waals surface area contributed by atoms with Gasteiger partial charge in [0.2, 0.25) is 5.91 Å². The van der Waals surface area contributed by atoms with E-state index in [4.69, 9.17) is 16.3 Å². The summed E-state index contributed by atoms with van der Waals surface area (Å²) in [5.74, 6) is 5.54. The summed E-state index contributed by atoms with van der Waals surface area (Å²) in [5, 5.41) is 0.0581. The van der Waals surface area contributed by atoms with E-state index in [9.17, 15) is 4.79 Å². The largest absolute Gasteiger partial charge is 0.494 e. The predicted octanol–water partition coefficient (Wildman–Crippen LogP) is 1.77. The highest BCUT2D eigenvalue weighted by Crippen LogP contribution is 2.34. The molecule has 0 radical (unpaired) electrons. The average molecular weight is 283 g/mol. The average Bonchev–Trinajstić information content (AvgIpc) is 2.41. The minimum absolute atomic E-state index is 0.0581. The number of amides is 1. The second-order valence-corrected chi connectivity index (χ2v) is 5.67. The summed E-state index contributed by atoms with van der Waals surface area (Å²) in [4.78, 5) is 12.4. The van der Waals surface area contributed by atoms with E-state index in [1.807, 2.05) is 39.0 Å². The van der Waals surface area contributed by atoms with Crippen molar-refractivity contribution in [3.05, 3.63) is 18.2 Å². The number of hydrogen-bond acceptors (Lipinski definition) is 5. The first-order chi connectivity index (χ1) is 8.99. The first-order valence-electron chi connectivity index (χ1n) is 6.19. The zero-order valence-electron chi connectivity index (χ0n) is 11.5. The molecule has 0 aromatic heterocycles. The van der Waals surface area contributed by atoms with Crippen LogP contribution in [0.3, 0.4) is 0 Å². The Bertz CT molecular complexity index is 440. The third-order valence-electron chi connectivity index (χ3n) is 2.87. The number of anilines is 1. The molecule has 5 nitrogen and oxygen atoms in total. The van der Waals surface area contributed by atoms with Gasteiger partial charge in [0.05, 0.1) is 6.61 Å². The molecule has 6 heteroatoms. The SMILES string of the molecule is CCOc1ccc(N)c(SC(C)C(C)C(=O)NN)c1. The summed E-state index contributed by atoms with van der Waals surface area (Å²) in [6.07, 6.45) is 0. The van der Waals surface area contributed by atoms with Crippen molar-refractivity contribution < 1.29 is 9.53 Å². The van der Waals surface area contributed by atoms with Gasteiger partial charge in [-0.05, 0) is 25.1 Å². The zero-order valence-corrected chi connectivity index (χ0v) is 12.3. The number of thioether (sulfide) groups is 1. The quantitative estimate of drug-likeness (QED) is 0.243. The Balaban J connectivity index is 2.80. The van der Waals surface area contributed by atoms with Gasteiger partial charge in [0.25, 0.3) is 0 Å². The molecule has 1 aromatic rings. The first-order valence-corrected chi connectivity index (χ1v) is 7.07. The topological polar surface area (TPSA) is 90.4 Å². The molecule has 1 rings (SSSR count). The lowest BCUT2D eigenvalue weighted by molar-refractivity contribution is -0.124. The van der Waals surface area contributed by atoms with E-state index in [1.54, 1.807) is 11.8 Å². The molecule has 0 heterocycles. The van der Waals surface area contributed by atoms with Crippen LogP contribution in [0.15, 0.2) is 23.1 Å². The van der Waals surface area contributed by atoms with Crippen molar-refractivity contribution in [1.29, 1.82) is 0 Å². The van der Waals surface area contributed by atoms with Crippen LogP contribution < -0.4 is 21.7 Å². The van der Waals surface area contributed by atoms with E-state index in [2.05, 4.69) is 5.43 Å². The van der Waals surface area contributed by atoms with Crippen LogP contribution in [0.25, 0.3) is 0 Å². The Morgan fingerprint density at radius 1 is 1.47 bits per heavy atom. The normalized spacial score (nSPS) is 13.7. The van der Waals surface area contributed by atoms with Crippen molar-refractivity contribution in [1.82, 2.24) is 5.43 Å². The van der Waals surface area contributed by atoms with Gasteiger partial charge in [-0.2, -0.15) is 0 Å². The lowest BCUT2D eigenvalue weighted by atomic mass is 10.1. The number of ether oxygens (including phenoxy) is 1. The Hall–Kier alpha value is -1.40. The summed E-state index contributed by atoms with van der Waals surface area (Å²) in [6.45, 7) is 6.34. The molecule has 106 valence electrons. The Kier molecular flexibility index (Phi) is 5.98. The van der Waals surface area contributed by atoms with Gasteiger partial charge in [0.1, 0.15) is 5.75 Å². The van der Waals surface area contributed by atoms with Crippen molar-refractivity contribution in [2.45, 2.75) is 30.9 Å². The van der Waals surface area contributed by atoms with Gasteiger partial charge < -0.3 is 10.5 Å². The van der Waals surface area contributed by atoms with Gasteiger partial charge in [-0.25, -0.2) is 5.84 Å². The second-order valence-electron chi connectivity index (χ2n) is 4.25. The van der Waals surface area contributed by atoms with Crippen molar-refractivity contribution in [2.75, 3.05) is 12.3 Å². The molecule has 2 atom stereocenters. The van der Waals surface area contributed by atoms with Gasteiger partial charge in [0, 0.05) is 21.8 Å². The van der Waals surface area contributed by atoms with Crippen molar-refractivity contribution in [3.63, 3.8) is 0 Å². The lowest BCUT2D eigenvalue weighted by Crippen LogP contribution is -2.38. The van der Waals surface area contributed by atoms with E-state index in [1.165, 1.54) is 0 Å². The van der Waals surface area contributed by atoms with E-state index in [-0.39, 0.29) is 17.1 Å². The summed E-state index contributed by atoms with van der Waals surface area (Å²) >= 11 is 1.54. The second kappa shape index (κ2) is 7.25. The number of nitrogens with two attached hydrogens (primary N) is 2. The van der Waals surface area contributed by atoms with Crippen LogP contribution in [0.2, 0.25) is 0 Å². The fourth-order valence-electron chi connectivity index (χ4n) is 1.52. The third kappa shape index (κ3) is 4.33. The molecule has 1 aromatic carbocycles. The fraction of sp³-hybridized carbons (Fsp3) is 0.462. The zero-order chi connectivity index (χ0) is 14.4. The van der Waals surface area contributed by atoms with Gasteiger partial charge in [0.15, 0.2) is 0 Å². The molecule has 19 heavy (non-hydrogen) atoms. The van der Waals surface area contributed by atoms with Crippen LogP contribution in [0.1, 0.15) is 20.8 Å². The molecule has 1 amide bonds. The maximum atomic E-state index is 11.5. The Morgan fingerprint density at radius 3 is 2.74 bits per heavy atom. The van der Waals surface area contributed by atoms with Gasteiger partial charge in [-0.15, -0.1) is 11.8 Å². The molecular weight excluding hydrogens is 262 g/mol. The number of rotatable bonds is 6. The van der Waals surface area contributed by atoms with E-state index in [0.29, 0.717) is 12.3 Å². The number of carbonyl (C=O) groups is 1. The molecule has 0 saturated carbocycles. The van der Waals surface area contributed by atoms with Crippen molar-refractivity contribution in [2.24, 2.45) is 11.8 Å². The van der Waals surface area contributed by atoms with Crippen molar-refractivity contribution in [3.8, 4) is 5.75 Å². The van der Waals surface area contributed by atoms with Crippen LogP contribution in [0, 0.1) is 5.92 Å². The minimum atomic E-state index is -0.204. The smallest absolute Gasteiger partial charge is 0.237 e. The molecular formula is C13H21N3O2S. The van der Waals surface area contributed by atoms with Gasteiger partial charge >= 0.3 is 0 Å². The summed E-state index contributed by atoms with van der Waals surface area (Å²) in [7, 11) is 0. The molecule has 0 spiro atoms. The molecule has 0 bridgehead atoms. The standard InChI is InChI=1S/C13H21N3O2S/c1-4-18-10-5-6-11(14)12(7-10)19-9(3)8(2)13(17)16-15/h5-9H,4,14-15H2,1-3H3,(H,16,17). The molecule has 0 aliphatic rings. The fourth-order valence-corrected chi connectivity index (χ4v) is 2.64. The molecule has 0 fully saturated rings. The van der Waals surface area contributed by atoms with Crippen LogP contribution >= 0.6 is 11.8 Å². The van der Waals surface area contributed by atoms with Crippen LogP contribution in [0.4, 0.5) is 5.69 Å². The molecule has 0 aliphatic carbocycles. The van der Waals surface area contributed by atoms with Gasteiger partial charge in [-0.3, -0.25) is 10.2 Å². The number of nitrogens with one attached hydrogen (secondary N) is 1. The summed E-state index contributed by atoms with van der Waals surface area (Å²) < 4.78 is 5.44. The minimum Gasteiger partial charge on any atom is -0.494 e. The number of carbonyl (C=O) groups excluding carboxylic acids is 1. The Labute approximate surface area is 118 Å². The van der Waals surface area contributed by atoms with E-state index < -0.39 is 0 Å².